The Morgan fingerprint density at radius 1 is 0.364 bits per heavy atom. The minimum absolute atomic E-state index is 0.541. The van der Waals surface area contributed by atoms with E-state index in [4.69, 9.17) is 18.8 Å². The number of fused-ring (bicyclic) bond motifs is 18. The van der Waals surface area contributed by atoms with Crippen LogP contribution in [-0.2, 0) is 0 Å². The molecule has 55 heavy (non-hydrogen) atoms. The normalized spacial score (nSPS) is 12.4. The third-order valence-corrected chi connectivity index (χ3v) is 11.6. The first kappa shape index (κ1) is 29.0. The molecule has 5 nitrogen and oxygen atoms in total. The van der Waals surface area contributed by atoms with Crippen LogP contribution in [0.5, 0.6) is 0 Å². The smallest absolute Gasteiger partial charge is 0.238 e. The summed E-state index contributed by atoms with van der Waals surface area (Å²) in [6, 6.07) is 57.9. The van der Waals surface area contributed by atoms with E-state index in [1.165, 1.54) is 53.9 Å². The molecule has 0 atom stereocenters. The van der Waals surface area contributed by atoms with Crippen LogP contribution in [0.15, 0.2) is 173 Å². The minimum Gasteiger partial charge on any atom is -0.456 e. The highest BCUT2D eigenvalue weighted by Gasteiger charge is 2.24. The molecular formula is C50H27N3O2. The first-order valence-electron chi connectivity index (χ1n) is 18.6. The zero-order valence-electron chi connectivity index (χ0n) is 29.2. The molecule has 0 saturated carbocycles. The fourth-order valence-corrected chi connectivity index (χ4v) is 9.27. The Morgan fingerprint density at radius 2 is 0.927 bits per heavy atom. The summed E-state index contributed by atoms with van der Waals surface area (Å²) >= 11 is 0. The SMILES string of the molecule is c1ccc2c(c1)ccc1c2c2c3c4ccccc4c4ccccc4c3ccc2n1-c1nc(-c2ccc3c(c2)oc2ccccc23)c2c(n1)oc1ccccc12. The van der Waals surface area contributed by atoms with Crippen LogP contribution in [0, 0.1) is 0 Å². The molecule has 0 bridgehead atoms. The van der Waals surface area contributed by atoms with Gasteiger partial charge in [-0.1, -0.05) is 127 Å². The summed E-state index contributed by atoms with van der Waals surface area (Å²) in [5, 5.41) is 16.2. The fraction of sp³-hybridized carbons (Fsp3) is 0. The zero-order chi connectivity index (χ0) is 35.8. The van der Waals surface area contributed by atoms with Gasteiger partial charge in [0.15, 0.2) is 0 Å². The van der Waals surface area contributed by atoms with E-state index in [2.05, 4.69) is 132 Å². The number of para-hydroxylation sites is 2. The van der Waals surface area contributed by atoms with E-state index in [0.717, 1.165) is 60.6 Å². The highest BCUT2D eigenvalue weighted by molar-refractivity contribution is 6.37. The summed E-state index contributed by atoms with van der Waals surface area (Å²) in [5.74, 6) is 0.547. The van der Waals surface area contributed by atoms with Crippen molar-refractivity contribution in [1.29, 1.82) is 0 Å². The Labute approximate surface area is 312 Å². The maximum Gasteiger partial charge on any atom is 0.238 e. The van der Waals surface area contributed by atoms with Gasteiger partial charge in [-0.3, -0.25) is 4.57 Å². The molecule has 0 aliphatic carbocycles. The van der Waals surface area contributed by atoms with E-state index in [1.54, 1.807) is 0 Å². The van der Waals surface area contributed by atoms with Crippen molar-refractivity contribution in [2.24, 2.45) is 0 Å². The van der Waals surface area contributed by atoms with Gasteiger partial charge in [0.2, 0.25) is 11.7 Å². The van der Waals surface area contributed by atoms with Crippen molar-refractivity contribution in [2.45, 2.75) is 0 Å². The summed E-state index contributed by atoms with van der Waals surface area (Å²) in [6.07, 6.45) is 0. The van der Waals surface area contributed by atoms with Crippen molar-refractivity contribution in [3.8, 4) is 17.2 Å². The second kappa shape index (κ2) is 10.6. The Kier molecular flexibility index (Phi) is 5.57. The maximum absolute atomic E-state index is 6.57. The van der Waals surface area contributed by atoms with Gasteiger partial charge in [-0.05, 0) is 74.1 Å². The topological polar surface area (TPSA) is 57.0 Å². The van der Waals surface area contributed by atoms with Crippen molar-refractivity contribution < 1.29 is 8.83 Å². The largest absolute Gasteiger partial charge is 0.456 e. The highest BCUT2D eigenvalue weighted by atomic mass is 16.3. The molecule has 0 unspecified atom stereocenters. The van der Waals surface area contributed by atoms with Gasteiger partial charge in [0.25, 0.3) is 0 Å². The third-order valence-electron chi connectivity index (χ3n) is 11.6. The van der Waals surface area contributed by atoms with E-state index in [-0.39, 0.29) is 0 Å². The van der Waals surface area contributed by atoms with Gasteiger partial charge in [-0.2, -0.15) is 4.98 Å². The number of nitrogens with zero attached hydrogens (tertiary/aromatic N) is 3. The van der Waals surface area contributed by atoms with Gasteiger partial charge >= 0.3 is 0 Å². The van der Waals surface area contributed by atoms with Crippen LogP contribution in [0.1, 0.15) is 0 Å². The molecule has 0 saturated heterocycles. The standard InChI is InChI=1S/C50H27N3O2/c1-2-12-30-28(11-1)22-25-39-45(30)47-40(26-24-37-33-15-4-3-13-31(33)32-14-5-6-17-36(32)44(37)47)53(39)50-51-48(46-38-18-8-10-20-42(38)55-49(46)52-50)29-21-23-35-34-16-7-9-19-41(34)54-43(35)27-29/h1-27H. The van der Waals surface area contributed by atoms with Crippen molar-refractivity contribution in [3.63, 3.8) is 0 Å². The molecule has 0 radical (unpaired) electrons. The van der Waals surface area contributed by atoms with Crippen LogP contribution in [0.25, 0.3) is 126 Å². The first-order valence-corrected chi connectivity index (χ1v) is 18.6. The molecule has 9 aromatic carbocycles. The number of furan rings is 2. The Balaban J connectivity index is 1.21. The van der Waals surface area contributed by atoms with Crippen molar-refractivity contribution in [2.75, 3.05) is 0 Å². The quantitative estimate of drug-likeness (QED) is 0.168. The number of benzene rings is 9. The lowest BCUT2D eigenvalue weighted by Crippen LogP contribution is -2.03. The van der Waals surface area contributed by atoms with E-state index in [0.29, 0.717) is 11.7 Å². The van der Waals surface area contributed by atoms with E-state index in [1.807, 2.05) is 36.4 Å². The van der Waals surface area contributed by atoms with E-state index < -0.39 is 0 Å². The molecular weight excluding hydrogens is 675 g/mol. The van der Waals surface area contributed by atoms with Gasteiger partial charge < -0.3 is 8.83 Å². The van der Waals surface area contributed by atoms with Crippen molar-refractivity contribution in [3.05, 3.63) is 164 Å². The maximum atomic E-state index is 6.57. The molecule has 0 N–H and O–H groups in total. The molecule has 0 spiro atoms. The van der Waals surface area contributed by atoms with Crippen LogP contribution in [-0.4, -0.2) is 14.5 Å². The van der Waals surface area contributed by atoms with Gasteiger partial charge in [0, 0.05) is 37.9 Å². The molecule has 4 heterocycles. The van der Waals surface area contributed by atoms with Crippen LogP contribution in [0.4, 0.5) is 0 Å². The van der Waals surface area contributed by atoms with Crippen molar-refractivity contribution in [1.82, 2.24) is 14.5 Å². The van der Waals surface area contributed by atoms with Gasteiger partial charge in [-0.25, -0.2) is 4.98 Å². The highest BCUT2D eigenvalue weighted by Crippen LogP contribution is 2.46. The lowest BCUT2D eigenvalue weighted by Gasteiger charge is -2.12. The Bertz CT molecular complexity index is 3760. The van der Waals surface area contributed by atoms with Crippen molar-refractivity contribution >= 4 is 109 Å². The number of hydrogen-bond donors (Lipinski definition) is 0. The van der Waals surface area contributed by atoms with Crippen LogP contribution < -0.4 is 0 Å². The van der Waals surface area contributed by atoms with E-state index >= 15 is 0 Å². The predicted octanol–water partition coefficient (Wildman–Crippen LogP) is 13.7. The molecule has 4 aromatic heterocycles. The molecule has 0 aliphatic heterocycles. The number of hydrogen-bond acceptors (Lipinski definition) is 4. The molecule has 5 heteroatoms. The first-order chi connectivity index (χ1) is 27.3. The molecule has 13 rings (SSSR count). The Hall–Kier alpha value is -7.50. The zero-order valence-corrected chi connectivity index (χ0v) is 29.2. The summed E-state index contributed by atoms with van der Waals surface area (Å²) in [7, 11) is 0. The molecule has 13 aromatic rings. The lowest BCUT2D eigenvalue weighted by molar-refractivity contribution is 0.651. The number of rotatable bonds is 2. The van der Waals surface area contributed by atoms with Gasteiger partial charge in [-0.15, -0.1) is 0 Å². The summed E-state index contributed by atoms with van der Waals surface area (Å²) in [6.45, 7) is 0. The van der Waals surface area contributed by atoms with Gasteiger partial charge in [0.05, 0.1) is 22.1 Å². The summed E-state index contributed by atoms with van der Waals surface area (Å²) in [5.41, 5.74) is 6.78. The predicted molar refractivity (Wildman–Crippen MR) is 226 cm³/mol. The van der Waals surface area contributed by atoms with Crippen LogP contribution in [0.3, 0.4) is 0 Å². The summed E-state index contributed by atoms with van der Waals surface area (Å²) in [4.78, 5) is 10.8. The second-order valence-corrected chi connectivity index (χ2v) is 14.4. The molecule has 0 fully saturated rings. The third kappa shape index (κ3) is 3.86. The van der Waals surface area contributed by atoms with Gasteiger partial charge in [0.1, 0.15) is 16.7 Å². The Morgan fingerprint density at radius 3 is 1.73 bits per heavy atom. The average molecular weight is 702 g/mol. The summed E-state index contributed by atoms with van der Waals surface area (Å²) < 4.78 is 15.2. The van der Waals surface area contributed by atoms with Crippen LogP contribution in [0.2, 0.25) is 0 Å². The number of aromatic nitrogens is 3. The molecule has 0 aliphatic rings. The fourth-order valence-electron chi connectivity index (χ4n) is 9.27. The van der Waals surface area contributed by atoms with E-state index in [9.17, 15) is 0 Å². The molecule has 0 amide bonds. The minimum atomic E-state index is 0.541. The second-order valence-electron chi connectivity index (χ2n) is 14.4. The average Bonchev–Trinajstić information content (AvgIpc) is 3.92. The lowest BCUT2D eigenvalue weighted by atomic mass is 9.91. The monoisotopic (exact) mass is 701 g/mol. The van der Waals surface area contributed by atoms with Crippen LogP contribution >= 0.6 is 0 Å². The molecule has 254 valence electrons.